The highest BCUT2D eigenvalue weighted by atomic mass is 16.5. The van der Waals surface area contributed by atoms with Gasteiger partial charge in [0.15, 0.2) is 0 Å². The molecule has 1 rings (SSSR count). The number of carbonyl (C=O) groups is 1. The van der Waals surface area contributed by atoms with Crippen molar-refractivity contribution in [2.24, 2.45) is 0 Å². The van der Waals surface area contributed by atoms with Crippen molar-refractivity contribution in [2.75, 3.05) is 7.11 Å². The van der Waals surface area contributed by atoms with E-state index in [0.717, 1.165) is 18.4 Å². The molecule has 0 aromatic heterocycles. The normalized spacial score (nSPS) is 13.0. The molecule has 0 heterocycles. The fraction of sp³-hybridized carbons (Fsp3) is 0.632. The minimum atomic E-state index is -0.124. The first-order valence-corrected chi connectivity index (χ1v) is 8.08. The first kappa shape index (κ1) is 17.7. The average molecular weight is 290 g/mol. The molecule has 0 bridgehead atoms. The third-order valence-electron chi connectivity index (χ3n) is 4.01. The van der Waals surface area contributed by atoms with Crippen molar-refractivity contribution >= 4 is 5.97 Å². The van der Waals surface area contributed by atoms with Gasteiger partial charge >= 0.3 is 5.97 Å². The van der Waals surface area contributed by atoms with Crippen LogP contribution in [0.3, 0.4) is 0 Å². The van der Waals surface area contributed by atoms with Crippen molar-refractivity contribution in [3.05, 3.63) is 35.4 Å². The Labute approximate surface area is 129 Å². The van der Waals surface area contributed by atoms with Crippen molar-refractivity contribution in [1.82, 2.24) is 0 Å². The summed E-state index contributed by atoms with van der Waals surface area (Å²) in [4.78, 5) is 12.0. The Bertz CT molecular complexity index is 426. The first-order chi connectivity index (χ1) is 9.90. The van der Waals surface area contributed by atoms with Gasteiger partial charge in [0, 0.05) is 0 Å². The molecule has 0 saturated heterocycles. The van der Waals surface area contributed by atoms with Gasteiger partial charge in [-0.3, -0.25) is 4.79 Å². The van der Waals surface area contributed by atoms with Gasteiger partial charge in [0.2, 0.25) is 0 Å². The number of benzene rings is 1. The Hall–Kier alpha value is -1.31. The van der Waals surface area contributed by atoms with Crippen LogP contribution in [0.2, 0.25) is 0 Å². The van der Waals surface area contributed by atoms with Crippen LogP contribution in [0.15, 0.2) is 24.3 Å². The lowest BCUT2D eigenvalue weighted by Gasteiger charge is -2.21. The molecule has 1 unspecified atom stereocenters. The van der Waals surface area contributed by atoms with E-state index < -0.39 is 0 Å². The summed E-state index contributed by atoms with van der Waals surface area (Å²) in [5.41, 5.74) is 2.51. The summed E-state index contributed by atoms with van der Waals surface area (Å²) in [5.74, 6) is -0.240. The third-order valence-corrected chi connectivity index (χ3v) is 4.01. The van der Waals surface area contributed by atoms with Gasteiger partial charge in [-0.05, 0) is 23.0 Å². The molecule has 0 amide bonds. The van der Waals surface area contributed by atoms with Crippen molar-refractivity contribution < 1.29 is 9.53 Å². The molecule has 118 valence electrons. The lowest BCUT2D eigenvalue weighted by atomic mass is 9.85. The number of hydrogen-bond donors (Lipinski definition) is 0. The van der Waals surface area contributed by atoms with E-state index in [4.69, 9.17) is 4.74 Å². The van der Waals surface area contributed by atoms with E-state index in [-0.39, 0.29) is 17.3 Å². The minimum Gasteiger partial charge on any atom is -0.469 e. The van der Waals surface area contributed by atoms with Crippen LogP contribution < -0.4 is 0 Å². The fourth-order valence-electron chi connectivity index (χ4n) is 2.55. The highest BCUT2D eigenvalue weighted by Crippen LogP contribution is 2.28. The second-order valence-corrected chi connectivity index (χ2v) is 6.80. The average Bonchev–Trinajstić information content (AvgIpc) is 2.46. The van der Waals surface area contributed by atoms with Gasteiger partial charge in [0.25, 0.3) is 0 Å². The zero-order chi connectivity index (χ0) is 15.9. The molecule has 2 nitrogen and oxygen atoms in total. The number of carbonyl (C=O) groups excluding carboxylic acids is 1. The van der Waals surface area contributed by atoms with Crippen molar-refractivity contribution in [3.63, 3.8) is 0 Å². The molecule has 1 atom stereocenters. The maximum Gasteiger partial charge on any atom is 0.313 e. The van der Waals surface area contributed by atoms with Gasteiger partial charge in [-0.2, -0.15) is 0 Å². The van der Waals surface area contributed by atoms with Crippen LogP contribution in [0.1, 0.15) is 76.8 Å². The van der Waals surface area contributed by atoms with E-state index in [0.29, 0.717) is 0 Å². The highest BCUT2D eigenvalue weighted by molar-refractivity contribution is 5.78. The molecule has 0 spiro atoms. The van der Waals surface area contributed by atoms with Gasteiger partial charge in [-0.25, -0.2) is 0 Å². The molecular formula is C19H30O2. The Morgan fingerprint density at radius 1 is 1.10 bits per heavy atom. The summed E-state index contributed by atoms with van der Waals surface area (Å²) in [5, 5.41) is 0. The lowest BCUT2D eigenvalue weighted by Crippen LogP contribution is -2.15. The maximum atomic E-state index is 12.0. The van der Waals surface area contributed by atoms with Crippen LogP contribution in [0.25, 0.3) is 0 Å². The van der Waals surface area contributed by atoms with Crippen molar-refractivity contribution in [3.8, 4) is 0 Å². The smallest absolute Gasteiger partial charge is 0.313 e. The summed E-state index contributed by atoms with van der Waals surface area (Å²) in [6.07, 6.45) is 5.58. The maximum absolute atomic E-state index is 12.0. The summed E-state index contributed by atoms with van der Waals surface area (Å²) < 4.78 is 4.98. The number of ether oxygens (including phenoxy) is 1. The number of unbranched alkanes of at least 4 members (excludes halogenated alkanes) is 3. The first-order valence-electron chi connectivity index (χ1n) is 8.08. The molecule has 21 heavy (non-hydrogen) atoms. The van der Waals surface area contributed by atoms with Crippen molar-refractivity contribution in [1.29, 1.82) is 0 Å². The Morgan fingerprint density at radius 2 is 1.71 bits per heavy atom. The van der Waals surface area contributed by atoms with Gasteiger partial charge in [-0.15, -0.1) is 0 Å². The predicted molar refractivity (Wildman–Crippen MR) is 88.7 cm³/mol. The number of esters is 1. The molecule has 0 aliphatic rings. The topological polar surface area (TPSA) is 26.3 Å². The van der Waals surface area contributed by atoms with Crippen LogP contribution in [-0.2, 0) is 14.9 Å². The summed E-state index contributed by atoms with van der Waals surface area (Å²) in [6, 6.07) is 8.44. The molecule has 0 aliphatic heterocycles. The van der Waals surface area contributed by atoms with E-state index in [1.54, 1.807) is 0 Å². The lowest BCUT2D eigenvalue weighted by molar-refractivity contribution is -0.142. The van der Waals surface area contributed by atoms with E-state index >= 15 is 0 Å². The van der Waals surface area contributed by atoms with Gasteiger partial charge in [0.05, 0.1) is 13.0 Å². The fourth-order valence-corrected chi connectivity index (χ4v) is 2.55. The summed E-state index contributed by atoms with van der Waals surface area (Å²) in [6.45, 7) is 8.79. The molecule has 0 aliphatic carbocycles. The minimum absolute atomic E-state index is 0.116. The van der Waals surface area contributed by atoms with Crippen LogP contribution in [-0.4, -0.2) is 13.1 Å². The zero-order valence-electron chi connectivity index (χ0n) is 14.2. The molecule has 0 radical (unpaired) electrons. The quantitative estimate of drug-likeness (QED) is 0.509. The molecular weight excluding hydrogens is 260 g/mol. The molecule has 1 aromatic carbocycles. The monoisotopic (exact) mass is 290 g/mol. The second kappa shape index (κ2) is 8.21. The van der Waals surface area contributed by atoms with E-state index in [2.05, 4.69) is 52.0 Å². The standard InChI is InChI=1S/C19H30O2/c1-6-7-8-9-10-17(18(20)21-5)15-11-13-16(14-12-15)19(2,3)4/h11-14,17H,6-10H2,1-5H3. The van der Waals surface area contributed by atoms with Gasteiger partial charge in [0.1, 0.15) is 0 Å². The van der Waals surface area contributed by atoms with Crippen LogP contribution >= 0.6 is 0 Å². The molecule has 1 aromatic rings. The Kier molecular flexibility index (Phi) is 6.94. The number of methoxy groups -OCH3 is 1. The summed E-state index contributed by atoms with van der Waals surface area (Å²) in [7, 11) is 1.48. The highest BCUT2D eigenvalue weighted by Gasteiger charge is 2.22. The van der Waals surface area contributed by atoms with E-state index in [1.807, 2.05) is 0 Å². The second-order valence-electron chi connectivity index (χ2n) is 6.80. The Morgan fingerprint density at radius 3 is 2.19 bits per heavy atom. The number of hydrogen-bond acceptors (Lipinski definition) is 2. The molecule has 0 fully saturated rings. The predicted octanol–water partition coefficient (Wildman–Crippen LogP) is 5.21. The van der Waals surface area contributed by atoms with Crippen LogP contribution in [0.4, 0.5) is 0 Å². The largest absolute Gasteiger partial charge is 0.469 e. The zero-order valence-corrected chi connectivity index (χ0v) is 14.2. The van der Waals surface area contributed by atoms with Gasteiger partial charge in [-0.1, -0.05) is 77.6 Å². The van der Waals surface area contributed by atoms with Crippen LogP contribution in [0.5, 0.6) is 0 Å². The Balaban J connectivity index is 2.81. The number of rotatable bonds is 7. The molecule has 0 N–H and O–H groups in total. The SMILES string of the molecule is CCCCCCC(C(=O)OC)c1ccc(C(C)(C)C)cc1. The van der Waals surface area contributed by atoms with E-state index in [1.165, 1.54) is 31.9 Å². The van der Waals surface area contributed by atoms with Crippen molar-refractivity contribution in [2.45, 2.75) is 71.1 Å². The third kappa shape index (κ3) is 5.53. The molecule has 0 saturated carbocycles. The van der Waals surface area contributed by atoms with Gasteiger partial charge < -0.3 is 4.74 Å². The van der Waals surface area contributed by atoms with E-state index in [9.17, 15) is 4.79 Å². The van der Waals surface area contributed by atoms with Crippen LogP contribution in [0, 0.1) is 0 Å². The summed E-state index contributed by atoms with van der Waals surface area (Å²) >= 11 is 0. The molecule has 2 heteroatoms.